The first kappa shape index (κ1) is 16.2. The van der Waals surface area contributed by atoms with Crippen molar-refractivity contribution in [2.24, 2.45) is 4.99 Å². The van der Waals surface area contributed by atoms with Crippen molar-refractivity contribution in [2.75, 3.05) is 0 Å². The SMILES string of the molecule is Oc1oc(-c2ccc(Cl)cc2)nc1C=Nc1ccc(Br)cc1Br. The Morgan fingerprint density at radius 1 is 1.13 bits per heavy atom. The second kappa shape index (κ2) is 6.86. The van der Waals surface area contributed by atoms with Crippen molar-refractivity contribution < 1.29 is 9.52 Å². The van der Waals surface area contributed by atoms with E-state index in [9.17, 15) is 5.11 Å². The molecule has 116 valence electrons. The van der Waals surface area contributed by atoms with E-state index in [1.54, 1.807) is 24.3 Å². The van der Waals surface area contributed by atoms with Gasteiger partial charge in [-0.2, -0.15) is 0 Å². The van der Waals surface area contributed by atoms with Crippen LogP contribution in [0.3, 0.4) is 0 Å². The van der Waals surface area contributed by atoms with Crippen LogP contribution in [0.1, 0.15) is 5.69 Å². The van der Waals surface area contributed by atoms with Crippen LogP contribution in [0.15, 0.2) is 60.8 Å². The van der Waals surface area contributed by atoms with Gasteiger partial charge in [-0.05, 0) is 58.4 Å². The average molecular weight is 457 g/mol. The number of aromatic hydroxyl groups is 1. The number of hydrogen-bond donors (Lipinski definition) is 1. The highest BCUT2D eigenvalue weighted by Crippen LogP contribution is 2.30. The zero-order valence-electron chi connectivity index (χ0n) is 11.5. The van der Waals surface area contributed by atoms with Gasteiger partial charge in [0.25, 0.3) is 0 Å². The van der Waals surface area contributed by atoms with Crippen molar-refractivity contribution in [3.05, 3.63) is 62.1 Å². The number of halogens is 3. The summed E-state index contributed by atoms with van der Waals surface area (Å²) in [6, 6.07) is 12.6. The Hall–Kier alpha value is -1.63. The lowest BCUT2D eigenvalue weighted by atomic mass is 10.2. The van der Waals surface area contributed by atoms with E-state index in [1.807, 2.05) is 18.2 Å². The lowest BCUT2D eigenvalue weighted by Crippen LogP contribution is -1.83. The van der Waals surface area contributed by atoms with E-state index >= 15 is 0 Å². The molecule has 0 amide bonds. The lowest BCUT2D eigenvalue weighted by molar-refractivity contribution is 0.337. The number of aromatic nitrogens is 1. The molecule has 0 aliphatic carbocycles. The first-order chi connectivity index (χ1) is 11.0. The van der Waals surface area contributed by atoms with E-state index in [0.717, 1.165) is 8.95 Å². The van der Waals surface area contributed by atoms with Gasteiger partial charge in [0, 0.05) is 19.5 Å². The highest BCUT2D eigenvalue weighted by atomic mass is 79.9. The van der Waals surface area contributed by atoms with Crippen LogP contribution in [0, 0.1) is 0 Å². The van der Waals surface area contributed by atoms with E-state index in [4.69, 9.17) is 16.0 Å². The molecule has 23 heavy (non-hydrogen) atoms. The summed E-state index contributed by atoms with van der Waals surface area (Å²) >= 11 is 12.7. The number of aliphatic imine (C=N–C) groups is 1. The highest BCUT2D eigenvalue weighted by molar-refractivity contribution is 9.11. The van der Waals surface area contributed by atoms with Crippen LogP contribution in [0.4, 0.5) is 5.69 Å². The van der Waals surface area contributed by atoms with Crippen LogP contribution in [0.2, 0.25) is 5.02 Å². The molecule has 2 aromatic carbocycles. The van der Waals surface area contributed by atoms with Gasteiger partial charge in [-0.25, -0.2) is 4.98 Å². The van der Waals surface area contributed by atoms with E-state index in [2.05, 4.69) is 41.8 Å². The fourth-order valence-corrected chi connectivity index (χ4v) is 3.12. The van der Waals surface area contributed by atoms with Crippen molar-refractivity contribution >= 4 is 55.4 Å². The third kappa shape index (κ3) is 3.83. The first-order valence-corrected chi connectivity index (χ1v) is 8.44. The van der Waals surface area contributed by atoms with Crippen LogP contribution in [-0.2, 0) is 0 Å². The van der Waals surface area contributed by atoms with Crippen LogP contribution in [-0.4, -0.2) is 16.3 Å². The Morgan fingerprint density at radius 2 is 1.87 bits per heavy atom. The molecule has 0 spiro atoms. The minimum absolute atomic E-state index is 0.254. The van der Waals surface area contributed by atoms with Gasteiger partial charge in [0.05, 0.1) is 11.9 Å². The van der Waals surface area contributed by atoms with Crippen molar-refractivity contribution in [1.29, 1.82) is 0 Å². The van der Waals surface area contributed by atoms with Crippen LogP contribution >= 0.6 is 43.5 Å². The Bertz CT molecular complexity index is 876. The zero-order valence-corrected chi connectivity index (χ0v) is 15.4. The van der Waals surface area contributed by atoms with Gasteiger partial charge in [0.1, 0.15) is 0 Å². The predicted octanol–water partition coefficient (Wildman–Crippen LogP) is 5.98. The Labute approximate surface area is 154 Å². The number of nitrogens with zero attached hydrogens (tertiary/aromatic N) is 2. The van der Waals surface area contributed by atoms with Crippen LogP contribution < -0.4 is 0 Å². The van der Waals surface area contributed by atoms with Gasteiger partial charge in [-0.1, -0.05) is 27.5 Å². The van der Waals surface area contributed by atoms with Gasteiger partial charge in [-0.3, -0.25) is 4.99 Å². The highest BCUT2D eigenvalue weighted by Gasteiger charge is 2.12. The fourth-order valence-electron chi connectivity index (χ4n) is 1.84. The minimum Gasteiger partial charge on any atom is -0.479 e. The topological polar surface area (TPSA) is 58.6 Å². The molecule has 0 radical (unpaired) electrons. The summed E-state index contributed by atoms with van der Waals surface area (Å²) < 4.78 is 7.03. The third-order valence-corrected chi connectivity index (χ3v) is 4.34. The molecule has 0 saturated heterocycles. The smallest absolute Gasteiger partial charge is 0.312 e. The summed E-state index contributed by atoms with van der Waals surface area (Å²) in [6.07, 6.45) is 1.45. The van der Waals surface area contributed by atoms with Crippen molar-refractivity contribution in [1.82, 2.24) is 4.98 Å². The maximum absolute atomic E-state index is 9.87. The normalized spacial score (nSPS) is 11.3. The largest absolute Gasteiger partial charge is 0.479 e. The maximum Gasteiger partial charge on any atom is 0.312 e. The van der Waals surface area contributed by atoms with Crippen LogP contribution in [0.5, 0.6) is 5.95 Å². The lowest BCUT2D eigenvalue weighted by Gasteiger charge is -1.97. The first-order valence-electron chi connectivity index (χ1n) is 6.48. The average Bonchev–Trinajstić information content (AvgIpc) is 2.88. The van der Waals surface area contributed by atoms with Crippen molar-refractivity contribution in [3.63, 3.8) is 0 Å². The number of benzene rings is 2. The van der Waals surface area contributed by atoms with Crippen molar-refractivity contribution in [2.45, 2.75) is 0 Å². The molecular weight excluding hydrogens is 447 g/mol. The monoisotopic (exact) mass is 454 g/mol. The summed E-state index contributed by atoms with van der Waals surface area (Å²) in [5.41, 5.74) is 1.68. The number of oxazole rings is 1. The summed E-state index contributed by atoms with van der Waals surface area (Å²) in [5, 5.41) is 10.5. The quantitative estimate of drug-likeness (QED) is 0.494. The number of rotatable bonds is 3. The van der Waals surface area contributed by atoms with Gasteiger partial charge in [0.15, 0.2) is 5.69 Å². The van der Waals surface area contributed by atoms with Gasteiger partial charge in [0.2, 0.25) is 5.89 Å². The molecule has 0 unspecified atom stereocenters. The molecule has 0 atom stereocenters. The van der Waals surface area contributed by atoms with Crippen molar-refractivity contribution in [3.8, 4) is 17.4 Å². The Kier molecular flexibility index (Phi) is 4.84. The molecule has 7 heteroatoms. The number of hydrogen-bond acceptors (Lipinski definition) is 4. The van der Waals surface area contributed by atoms with E-state index in [1.165, 1.54) is 6.21 Å². The second-order valence-electron chi connectivity index (χ2n) is 4.57. The summed E-state index contributed by atoms with van der Waals surface area (Å²) in [5.74, 6) is 0.0161. The Morgan fingerprint density at radius 3 is 2.57 bits per heavy atom. The van der Waals surface area contributed by atoms with Gasteiger partial charge in [-0.15, -0.1) is 0 Å². The van der Waals surface area contributed by atoms with E-state index < -0.39 is 0 Å². The van der Waals surface area contributed by atoms with E-state index in [0.29, 0.717) is 22.2 Å². The molecule has 0 saturated carbocycles. The Balaban J connectivity index is 1.89. The second-order valence-corrected chi connectivity index (χ2v) is 6.78. The fraction of sp³-hybridized carbons (Fsp3) is 0. The molecular formula is C16H9Br2ClN2O2. The molecule has 0 fully saturated rings. The molecule has 0 aliphatic rings. The summed E-state index contributed by atoms with van der Waals surface area (Å²) in [4.78, 5) is 8.54. The molecule has 1 aromatic heterocycles. The summed E-state index contributed by atoms with van der Waals surface area (Å²) in [6.45, 7) is 0. The molecule has 3 rings (SSSR count). The standard InChI is InChI=1S/C16H9Br2ClN2O2/c17-10-3-6-13(12(18)7-10)20-8-14-16(22)23-15(21-14)9-1-4-11(19)5-2-9/h1-8,22H. The molecule has 1 heterocycles. The van der Waals surface area contributed by atoms with E-state index in [-0.39, 0.29) is 11.6 Å². The summed E-state index contributed by atoms with van der Waals surface area (Å²) in [7, 11) is 0. The molecule has 4 nitrogen and oxygen atoms in total. The predicted molar refractivity (Wildman–Crippen MR) is 97.7 cm³/mol. The maximum atomic E-state index is 9.87. The molecule has 1 N–H and O–H groups in total. The van der Waals surface area contributed by atoms with Gasteiger partial charge >= 0.3 is 5.95 Å². The molecule has 0 bridgehead atoms. The minimum atomic E-state index is -0.285. The third-order valence-electron chi connectivity index (χ3n) is 2.96. The van der Waals surface area contributed by atoms with Crippen LogP contribution in [0.25, 0.3) is 11.5 Å². The molecule has 0 aliphatic heterocycles. The van der Waals surface area contributed by atoms with Gasteiger partial charge < -0.3 is 9.52 Å². The zero-order chi connectivity index (χ0) is 16.4. The molecule has 3 aromatic rings.